The SMILES string of the molecule is CC(C(=O)N(C)CCN1CCCC1)C(N)=S. The topological polar surface area (TPSA) is 49.6 Å². The van der Waals surface area contributed by atoms with Gasteiger partial charge in [-0.25, -0.2) is 0 Å². The molecule has 1 aliphatic heterocycles. The standard InChI is InChI=1S/C11H21N3OS/c1-9(10(12)16)11(15)13(2)7-8-14-5-3-4-6-14/h9H,3-8H2,1-2H3,(H2,12,16). The Balaban J connectivity index is 2.30. The number of nitrogens with zero attached hydrogens (tertiary/aromatic N) is 2. The molecule has 1 atom stereocenters. The molecule has 5 heteroatoms. The van der Waals surface area contributed by atoms with Gasteiger partial charge in [0.25, 0.3) is 0 Å². The van der Waals surface area contributed by atoms with Gasteiger partial charge in [0, 0.05) is 20.1 Å². The van der Waals surface area contributed by atoms with Gasteiger partial charge in [0.05, 0.1) is 10.9 Å². The van der Waals surface area contributed by atoms with Crippen LogP contribution in [0.15, 0.2) is 0 Å². The van der Waals surface area contributed by atoms with Crippen molar-refractivity contribution in [1.82, 2.24) is 9.80 Å². The lowest BCUT2D eigenvalue weighted by molar-refractivity contribution is -0.131. The number of thiocarbonyl (C=S) groups is 1. The minimum absolute atomic E-state index is 0.0201. The first-order valence-electron chi connectivity index (χ1n) is 5.79. The van der Waals surface area contributed by atoms with E-state index in [1.807, 2.05) is 7.05 Å². The average molecular weight is 243 g/mol. The fourth-order valence-electron chi connectivity index (χ4n) is 1.86. The zero-order valence-electron chi connectivity index (χ0n) is 10.1. The maximum absolute atomic E-state index is 11.8. The Kier molecular flexibility index (Phi) is 5.15. The summed E-state index contributed by atoms with van der Waals surface area (Å²) in [4.78, 5) is 16.2. The highest BCUT2D eigenvalue weighted by Gasteiger charge is 2.20. The van der Waals surface area contributed by atoms with Crippen LogP contribution in [0.25, 0.3) is 0 Å². The van der Waals surface area contributed by atoms with Crippen molar-refractivity contribution in [2.24, 2.45) is 11.7 Å². The number of hydrogen-bond acceptors (Lipinski definition) is 3. The number of hydrogen-bond donors (Lipinski definition) is 1. The molecule has 0 spiro atoms. The summed E-state index contributed by atoms with van der Waals surface area (Å²) in [7, 11) is 1.81. The van der Waals surface area contributed by atoms with E-state index in [0.717, 1.165) is 26.2 Å². The molecule has 0 aliphatic carbocycles. The molecule has 1 heterocycles. The third-order valence-electron chi connectivity index (χ3n) is 3.12. The highest BCUT2D eigenvalue weighted by Crippen LogP contribution is 2.07. The maximum atomic E-state index is 11.8. The number of amides is 1. The lowest BCUT2D eigenvalue weighted by Gasteiger charge is -2.23. The van der Waals surface area contributed by atoms with Crippen LogP contribution in [0.2, 0.25) is 0 Å². The summed E-state index contributed by atoms with van der Waals surface area (Å²) in [5.74, 6) is -0.328. The van der Waals surface area contributed by atoms with Crippen LogP contribution in [-0.4, -0.2) is 53.9 Å². The first kappa shape index (κ1) is 13.4. The molecular weight excluding hydrogens is 222 g/mol. The minimum atomic E-state index is -0.349. The van der Waals surface area contributed by atoms with Crippen LogP contribution < -0.4 is 5.73 Å². The van der Waals surface area contributed by atoms with Crippen molar-refractivity contribution in [2.75, 3.05) is 33.2 Å². The van der Waals surface area contributed by atoms with Gasteiger partial charge in [-0.15, -0.1) is 0 Å². The highest BCUT2D eigenvalue weighted by molar-refractivity contribution is 7.80. The number of nitrogens with two attached hydrogens (primary N) is 1. The molecule has 2 N–H and O–H groups in total. The summed E-state index contributed by atoms with van der Waals surface area (Å²) in [6.45, 7) is 5.79. The van der Waals surface area contributed by atoms with E-state index in [-0.39, 0.29) is 16.8 Å². The van der Waals surface area contributed by atoms with E-state index in [0.29, 0.717) is 0 Å². The predicted molar refractivity (Wildman–Crippen MR) is 69.3 cm³/mol. The number of rotatable bonds is 5. The van der Waals surface area contributed by atoms with Crippen molar-refractivity contribution in [2.45, 2.75) is 19.8 Å². The average Bonchev–Trinajstić information content (AvgIpc) is 2.76. The van der Waals surface area contributed by atoms with Gasteiger partial charge in [-0.1, -0.05) is 12.2 Å². The van der Waals surface area contributed by atoms with E-state index in [4.69, 9.17) is 18.0 Å². The number of likely N-dealkylation sites (N-methyl/N-ethyl adjacent to an activating group) is 1. The van der Waals surface area contributed by atoms with Crippen LogP contribution in [0.5, 0.6) is 0 Å². The zero-order chi connectivity index (χ0) is 12.1. The minimum Gasteiger partial charge on any atom is -0.393 e. The molecule has 0 saturated carbocycles. The second kappa shape index (κ2) is 6.15. The fourth-order valence-corrected chi connectivity index (χ4v) is 1.96. The normalized spacial score (nSPS) is 18.4. The number of likely N-dealkylation sites (tertiary alicyclic amines) is 1. The molecule has 16 heavy (non-hydrogen) atoms. The molecule has 92 valence electrons. The van der Waals surface area contributed by atoms with Gasteiger partial charge < -0.3 is 15.5 Å². The van der Waals surface area contributed by atoms with Gasteiger partial charge in [-0.05, 0) is 32.9 Å². The number of carbonyl (C=O) groups excluding carboxylic acids is 1. The Morgan fingerprint density at radius 1 is 1.50 bits per heavy atom. The van der Waals surface area contributed by atoms with E-state index in [1.54, 1.807) is 11.8 Å². The molecule has 1 rings (SSSR count). The first-order valence-corrected chi connectivity index (χ1v) is 6.20. The van der Waals surface area contributed by atoms with Crippen LogP contribution >= 0.6 is 12.2 Å². The quantitative estimate of drug-likeness (QED) is 0.713. The number of carbonyl (C=O) groups is 1. The lowest BCUT2D eigenvalue weighted by Crippen LogP contribution is -2.41. The molecular formula is C11H21N3OS. The summed E-state index contributed by atoms with van der Waals surface area (Å²) >= 11 is 4.82. The van der Waals surface area contributed by atoms with Crippen molar-refractivity contribution in [3.63, 3.8) is 0 Å². The van der Waals surface area contributed by atoms with Crippen molar-refractivity contribution >= 4 is 23.1 Å². The molecule has 1 fully saturated rings. The molecule has 0 aromatic heterocycles. The van der Waals surface area contributed by atoms with Crippen LogP contribution in [0.3, 0.4) is 0 Å². The van der Waals surface area contributed by atoms with E-state index >= 15 is 0 Å². The van der Waals surface area contributed by atoms with Crippen molar-refractivity contribution in [3.05, 3.63) is 0 Å². The summed E-state index contributed by atoms with van der Waals surface area (Å²) < 4.78 is 0. The molecule has 4 nitrogen and oxygen atoms in total. The van der Waals surface area contributed by atoms with E-state index in [1.165, 1.54) is 12.8 Å². The molecule has 1 aliphatic rings. The Hall–Kier alpha value is -0.680. The summed E-state index contributed by atoms with van der Waals surface area (Å²) in [6, 6.07) is 0. The molecule has 0 bridgehead atoms. The smallest absolute Gasteiger partial charge is 0.232 e. The molecule has 1 saturated heterocycles. The second-order valence-corrected chi connectivity index (χ2v) is 4.90. The molecule has 1 amide bonds. The Morgan fingerprint density at radius 2 is 2.06 bits per heavy atom. The lowest BCUT2D eigenvalue weighted by atomic mass is 10.1. The van der Waals surface area contributed by atoms with E-state index in [2.05, 4.69) is 4.90 Å². The van der Waals surface area contributed by atoms with Gasteiger partial charge in [-0.2, -0.15) is 0 Å². The fraction of sp³-hybridized carbons (Fsp3) is 0.818. The predicted octanol–water partition coefficient (Wildman–Crippen LogP) is 0.463. The molecule has 0 aromatic rings. The third kappa shape index (κ3) is 3.72. The van der Waals surface area contributed by atoms with Crippen LogP contribution in [0, 0.1) is 5.92 Å². The van der Waals surface area contributed by atoms with E-state index < -0.39 is 0 Å². The Labute approximate surface area is 103 Å². The Bertz CT molecular complexity index is 264. The summed E-state index contributed by atoms with van der Waals surface area (Å²) in [5.41, 5.74) is 5.47. The molecule has 0 radical (unpaired) electrons. The largest absolute Gasteiger partial charge is 0.393 e. The van der Waals surface area contributed by atoms with Crippen LogP contribution in [0.1, 0.15) is 19.8 Å². The van der Waals surface area contributed by atoms with Crippen LogP contribution in [0.4, 0.5) is 0 Å². The van der Waals surface area contributed by atoms with Crippen molar-refractivity contribution in [3.8, 4) is 0 Å². The third-order valence-corrected chi connectivity index (χ3v) is 3.48. The monoisotopic (exact) mass is 243 g/mol. The van der Waals surface area contributed by atoms with Gasteiger partial charge >= 0.3 is 0 Å². The van der Waals surface area contributed by atoms with Gasteiger partial charge in [-0.3, -0.25) is 4.79 Å². The first-order chi connectivity index (χ1) is 7.52. The van der Waals surface area contributed by atoms with Crippen molar-refractivity contribution in [1.29, 1.82) is 0 Å². The highest BCUT2D eigenvalue weighted by atomic mass is 32.1. The summed E-state index contributed by atoms with van der Waals surface area (Å²) in [6.07, 6.45) is 2.56. The van der Waals surface area contributed by atoms with Gasteiger partial charge in [0.1, 0.15) is 0 Å². The zero-order valence-corrected chi connectivity index (χ0v) is 10.9. The molecule has 0 aromatic carbocycles. The van der Waals surface area contributed by atoms with E-state index in [9.17, 15) is 4.79 Å². The van der Waals surface area contributed by atoms with Gasteiger partial charge in [0.2, 0.25) is 5.91 Å². The van der Waals surface area contributed by atoms with Crippen LogP contribution in [-0.2, 0) is 4.79 Å². The van der Waals surface area contributed by atoms with Crippen molar-refractivity contribution < 1.29 is 4.79 Å². The maximum Gasteiger partial charge on any atom is 0.232 e. The summed E-state index contributed by atoms with van der Waals surface area (Å²) in [5, 5.41) is 0. The van der Waals surface area contributed by atoms with Gasteiger partial charge in [0.15, 0.2) is 0 Å². The Morgan fingerprint density at radius 3 is 2.56 bits per heavy atom. The molecule has 1 unspecified atom stereocenters. The second-order valence-electron chi connectivity index (χ2n) is 4.43.